The van der Waals surface area contributed by atoms with E-state index in [4.69, 9.17) is 11.6 Å². The summed E-state index contributed by atoms with van der Waals surface area (Å²) in [6.07, 6.45) is 0.675. The van der Waals surface area contributed by atoms with E-state index >= 15 is 0 Å². The van der Waals surface area contributed by atoms with E-state index in [0.717, 1.165) is 22.4 Å². The highest BCUT2D eigenvalue weighted by Gasteiger charge is 2.29. The van der Waals surface area contributed by atoms with Gasteiger partial charge in [-0.3, -0.25) is 19.3 Å². The van der Waals surface area contributed by atoms with Crippen molar-refractivity contribution in [3.63, 3.8) is 0 Å². The Hall–Kier alpha value is -1.60. The molecule has 1 saturated heterocycles. The van der Waals surface area contributed by atoms with Gasteiger partial charge >= 0.3 is 0 Å². The molecule has 0 unspecified atom stereocenters. The summed E-state index contributed by atoms with van der Waals surface area (Å²) in [7, 11) is 0. The third kappa shape index (κ3) is 3.95. The second-order valence-electron chi connectivity index (χ2n) is 4.38. The van der Waals surface area contributed by atoms with Gasteiger partial charge in [-0.1, -0.05) is 30.3 Å². The molecule has 21 heavy (non-hydrogen) atoms. The van der Waals surface area contributed by atoms with Crippen LogP contribution in [0.4, 0.5) is 4.79 Å². The number of aryl methyl sites for hydroxylation is 1. The van der Waals surface area contributed by atoms with Gasteiger partial charge in [0.2, 0.25) is 5.91 Å². The molecule has 3 amide bonds. The van der Waals surface area contributed by atoms with Crippen LogP contribution in [0.15, 0.2) is 12.1 Å². The van der Waals surface area contributed by atoms with Crippen LogP contribution >= 0.6 is 23.4 Å². The van der Waals surface area contributed by atoms with Crippen LogP contribution in [0.2, 0.25) is 5.15 Å². The SMILES string of the molecule is CCc1cc(C(=O)NCCN2C(=O)CSC2=O)cc(Cl)n1. The zero-order chi connectivity index (χ0) is 15.4. The zero-order valence-electron chi connectivity index (χ0n) is 11.4. The molecule has 0 saturated carbocycles. The van der Waals surface area contributed by atoms with Gasteiger partial charge in [0.25, 0.3) is 11.1 Å². The summed E-state index contributed by atoms with van der Waals surface area (Å²) in [4.78, 5) is 40.0. The van der Waals surface area contributed by atoms with E-state index in [1.165, 1.54) is 6.07 Å². The molecule has 1 aliphatic heterocycles. The number of thioether (sulfide) groups is 1. The molecule has 0 spiro atoms. The van der Waals surface area contributed by atoms with E-state index < -0.39 is 0 Å². The maximum atomic E-state index is 12.0. The standard InChI is InChI=1S/C13H14ClN3O3S/c1-2-9-5-8(6-10(14)16-9)12(19)15-3-4-17-11(18)7-21-13(17)20/h5-6H,2-4,7H2,1H3,(H,15,19). The van der Waals surface area contributed by atoms with Crippen molar-refractivity contribution in [2.75, 3.05) is 18.8 Å². The van der Waals surface area contributed by atoms with Crippen LogP contribution in [-0.2, 0) is 11.2 Å². The van der Waals surface area contributed by atoms with Gasteiger partial charge in [-0.2, -0.15) is 0 Å². The first-order chi connectivity index (χ1) is 10.0. The molecule has 2 rings (SSSR count). The molecular formula is C13H14ClN3O3S. The highest BCUT2D eigenvalue weighted by atomic mass is 35.5. The first-order valence-corrected chi connectivity index (χ1v) is 7.79. The van der Waals surface area contributed by atoms with Crippen LogP contribution in [0.5, 0.6) is 0 Å². The lowest BCUT2D eigenvalue weighted by atomic mass is 10.2. The molecule has 0 radical (unpaired) electrons. The molecule has 1 fully saturated rings. The van der Waals surface area contributed by atoms with Gasteiger partial charge in [-0.05, 0) is 18.6 Å². The summed E-state index contributed by atoms with van der Waals surface area (Å²) in [6, 6.07) is 3.15. The summed E-state index contributed by atoms with van der Waals surface area (Å²) in [5.41, 5.74) is 1.15. The Morgan fingerprint density at radius 1 is 1.48 bits per heavy atom. The monoisotopic (exact) mass is 327 g/mol. The normalized spacial score (nSPS) is 14.7. The molecule has 0 atom stereocenters. The predicted octanol–water partition coefficient (Wildman–Crippen LogP) is 1.72. The van der Waals surface area contributed by atoms with Crippen LogP contribution < -0.4 is 5.32 Å². The van der Waals surface area contributed by atoms with Crippen molar-refractivity contribution in [1.29, 1.82) is 0 Å². The highest BCUT2D eigenvalue weighted by Crippen LogP contribution is 2.17. The predicted molar refractivity (Wildman–Crippen MR) is 80.5 cm³/mol. The Morgan fingerprint density at radius 2 is 2.24 bits per heavy atom. The van der Waals surface area contributed by atoms with E-state index in [-0.39, 0.29) is 41.0 Å². The quantitative estimate of drug-likeness (QED) is 0.833. The smallest absolute Gasteiger partial charge is 0.288 e. The maximum Gasteiger partial charge on any atom is 0.288 e. The summed E-state index contributed by atoms with van der Waals surface area (Å²) in [5.74, 6) is -0.354. The van der Waals surface area contributed by atoms with Crippen molar-refractivity contribution < 1.29 is 14.4 Å². The number of nitrogens with one attached hydrogen (secondary N) is 1. The third-order valence-corrected chi connectivity index (χ3v) is 3.99. The lowest BCUT2D eigenvalue weighted by molar-refractivity contribution is -0.124. The van der Waals surface area contributed by atoms with Gasteiger partial charge in [0.05, 0.1) is 5.75 Å². The van der Waals surface area contributed by atoms with Crippen LogP contribution in [0, 0.1) is 0 Å². The first kappa shape index (κ1) is 15.8. The number of hydrogen-bond donors (Lipinski definition) is 1. The number of amides is 3. The summed E-state index contributed by atoms with van der Waals surface area (Å²) >= 11 is 6.83. The van der Waals surface area contributed by atoms with E-state index in [2.05, 4.69) is 10.3 Å². The van der Waals surface area contributed by atoms with Crippen LogP contribution in [0.3, 0.4) is 0 Å². The number of imide groups is 1. The van der Waals surface area contributed by atoms with Gasteiger partial charge < -0.3 is 5.32 Å². The number of nitrogens with zero attached hydrogens (tertiary/aromatic N) is 2. The minimum Gasteiger partial charge on any atom is -0.350 e. The Morgan fingerprint density at radius 3 is 2.86 bits per heavy atom. The molecule has 8 heteroatoms. The fourth-order valence-corrected chi connectivity index (χ4v) is 2.82. The lowest BCUT2D eigenvalue weighted by Crippen LogP contribution is -2.37. The molecule has 1 N–H and O–H groups in total. The van der Waals surface area contributed by atoms with E-state index in [1.54, 1.807) is 6.07 Å². The van der Waals surface area contributed by atoms with Gasteiger partial charge in [0.1, 0.15) is 5.15 Å². The van der Waals surface area contributed by atoms with Gasteiger partial charge in [0.15, 0.2) is 0 Å². The number of rotatable bonds is 5. The molecule has 2 heterocycles. The molecular weight excluding hydrogens is 314 g/mol. The average Bonchev–Trinajstić information content (AvgIpc) is 2.78. The molecule has 0 aromatic carbocycles. The van der Waals surface area contributed by atoms with E-state index in [1.807, 2.05) is 6.92 Å². The second kappa shape index (κ2) is 6.91. The molecule has 1 aliphatic rings. The Balaban J connectivity index is 1.91. The molecule has 1 aromatic heterocycles. The van der Waals surface area contributed by atoms with Gasteiger partial charge in [-0.15, -0.1) is 0 Å². The third-order valence-electron chi connectivity index (χ3n) is 2.93. The number of aromatic nitrogens is 1. The van der Waals surface area contributed by atoms with Crippen molar-refractivity contribution >= 4 is 40.4 Å². The molecule has 0 aliphatic carbocycles. The maximum absolute atomic E-state index is 12.0. The van der Waals surface area contributed by atoms with Crippen molar-refractivity contribution in [1.82, 2.24) is 15.2 Å². The largest absolute Gasteiger partial charge is 0.350 e. The minimum absolute atomic E-state index is 0.173. The number of carbonyl (C=O) groups is 3. The first-order valence-electron chi connectivity index (χ1n) is 6.43. The van der Waals surface area contributed by atoms with Crippen molar-refractivity contribution in [3.05, 3.63) is 28.5 Å². The Labute approximate surface area is 131 Å². The zero-order valence-corrected chi connectivity index (χ0v) is 13.0. The van der Waals surface area contributed by atoms with Crippen LogP contribution in [0.25, 0.3) is 0 Å². The lowest BCUT2D eigenvalue weighted by Gasteiger charge is -2.13. The number of hydrogen-bond acceptors (Lipinski definition) is 5. The summed E-state index contributed by atoms with van der Waals surface area (Å²) in [6.45, 7) is 2.30. The fraction of sp³-hybridized carbons (Fsp3) is 0.385. The minimum atomic E-state index is -0.305. The molecule has 6 nitrogen and oxygen atoms in total. The molecule has 0 bridgehead atoms. The van der Waals surface area contributed by atoms with E-state index in [0.29, 0.717) is 12.0 Å². The summed E-state index contributed by atoms with van der Waals surface area (Å²) < 4.78 is 0. The van der Waals surface area contributed by atoms with E-state index in [9.17, 15) is 14.4 Å². The topological polar surface area (TPSA) is 79.4 Å². The fourth-order valence-electron chi connectivity index (χ4n) is 1.84. The van der Waals surface area contributed by atoms with Gasteiger partial charge in [0, 0.05) is 24.3 Å². The van der Waals surface area contributed by atoms with Crippen LogP contribution in [-0.4, -0.2) is 45.8 Å². The van der Waals surface area contributed by atoms with Crippen molar-refractivity contribution in [3.8, 4) is 0 Å². The second-order valence-corrected chi connectivity index (χ2v) is 5.69. The highest BCUT2D eigenvalue weighted by molar-refractivity contribution is 8.14. The number of halogens is 1. The number of pyridine rings is 1. The summed E-state index contributed by atoms with van der Waals surface area (Å²) in [5, 5.41) is 2.66. The van der Waals surface area contributed by atoms with Crippen molar-refractivity contribution in [2.45, 2.75) is 13.3 Å². The Kier molecular flexibility index (Phi) is 5.19. The average molecular weight is 328 g/mol. The molecule has 1 aromatic rings. The van der Waals surface area contributed by atoms with Crippen LogP contribution in [0.1, 0.15) is 23.0 Å². The number of carbonyl (C=O) groups excluding carboxylic acids is 3. The van der Waals surface area contributed by atoms with Crippen molar-refractivity contribution in [2.24, 2.45) is 0 Å². The van der Waals surface area contributed by atoms with Gasteiger partial charge in [-0.25, -0.2) is 4.98 Å². The molecule has 112 valence electrons. The Bertz CT molecular complexity index is 578.